The van der Waals surface area contributed by atoms with E-state index in [4.69, 9.17) is 4.74 Å². The van der Waals surface area contributed by atoms with E-state index >= 15 is 0 Å². The molecule has 0 aliphatic carbocycles. The van der Waals surface area contributed by atoms with Gasteiger partial charge in [-0.05, 0) is 30.4 Å². The highest BCUT2D eigenvalue weighted by Gasteiger charge is 2.30. The zero-order valence-electron chi connectivity index (χ0n) is 12.6. The van der Waals surface area contributed by atoms with Crippen LogP contribution in [0.1, 0.15) is 37.0 Å². The molecule has 0 unspecified atom stereocenters. The summed E-state index contributed by atoms with van der Waals surface area (Å²) in [6.45, 7) is 5.79. The molecule has 0 bridgehead atoms. The smallest absolute Gasteiger partial charge is 0.337 e. The van der Waals surface area contributed by atoms with Gasteiger partial charge in [0.25, 0.3) is 5.69 Å². The molecule has 6 heteroatoms. The molecule has 1 aliphatic rings. The molecule has 1 saturated heterocycles. The molecule has 1 aromatic carbocycles. The topological polar surface area (TPSA) is 72.7 Å². The Hall–Kier alpha value is -2.11. The minimum absolute atomic E-state index is 0.0281. The number of carbonyl (C=O) groups is 1. The van der Waals surface area contributed by atoms with Crippen molar-refractivity contribution >= 4 is 17.3 Å². The second kappa shape index (κ2) is 5.71. The molecule has 114 valence electrons. The van der Waals surface area contributed by atoms with Gasteiger partial charge in [-0.3, -0.25) is 10.1 Å². The van der Waals surface area contributed by atoms with Crippen molar-refractivity contribution in [2.24, 2.45) is 5.41 Å². The standard InChI is InChI=1S/C15H20N2O4/c1-15(2)7-4-8-16(10-15)13-9-11(14(18)21-3)5-6-12(13)17(19)20/h5-6,9H,4,7-8,10H2,1-3H3. The van der Waals surface area contributed by atoms with Gasteiger partial charge in [0.05, 0.1) is 17.6 Å². The molecule has 0 aromatic heterocycles. The Labute approximate surface area is 123 Å². The third-order valence-corrected chi connectivity index (χ3v) is 3.83. The number of hydrogen-bond acceptors (Lipinski definition) is 5. The first kappa shape index (κ1) is 15.3. The minimum atomic E-state index is -0.484. The maximum atomic E-state index is 11.6. The zero-order chi connectivity index (χ0) is 15.6. The Morgan fingerprint density at radius 2 is 2.14 bits per heavy atom. The lowest BCUT2D eigenvalue weighted by Crippen LogP contribution is -2.40. The number of carbonyl (C=O) groups excluding carboxylic acids is 1. The van der Waals surface area contributed by atoms with E-state index in [1.807, 2.05) is 4.90 Å². The van der Waals surface area contributed by atoms with Crippen molar-refractivity contribution in [3.63, 3.8) is 0 Å². The molecule has 6 nitrogen and oxygen atoms in total. The summed E-state index contributed by atoms with van der Waals surface area (Å²) < 4.78 is 4.69. The average Bonchev–Trinajstić information content (AvgIpc) is 2.44. The van der Waals surface area contributed by atoms with Crippen LogP contribution in [0.2, 0.25) is 0 Å². The van der Waals surface area contributed by atoms with Gasteiger partial charge in [-0.15, -0.1) is 0 Å². The van der Waals surface area contributed by atoms with E-state index in [1.54, 1.807) is 6.07 Å². The maximum Gasteiger partial charge on any atom is 0.337 e. The van der Waals surface area contributed by atoms with E-state index in [2.05, 4.69) is 13.8 Å². The summed E-state index contributed by atoms with van der Waals surface area (Å²) in [5.41, 5.74) is 0.963. The zero-order valence-corrected chi connectivity index (χ0v) is 12.6. The quantitative estimate of drug-likeness (QED) is 0.486. The molecule has 0 N–H and O–H groups in total. The van der Waals surface area contributed by atoms with Crippen molar-refractivity contribution in [1.82, 2.24) is 0 Å². The fourth-order valence-electron chi connectivity index (χ4n) is 2.80. The summed E-state index contributed by atoms with van der Waals surface area (Å²) in [4.78, 5) is 24.5. The number of nitrogens with zero attached hydrogens (tertiary/aromatic N) is 2. The Morgan fingerprint density at radius 1 is 1.43 bits per heavy atom. The highest BCUT2D eigenvalue weighted by molar-refractivity contribution is 5.91. The number of esters is 1. The van der Waals surface area contributed by atoms with Crippen molar-refractivity contribution in [3.05, 3.63) is 33.9 Å². The third-order valence-electron chi connectivity index (χ3n) is 3.83. The van der Waals surface area contributed by atoms with Crippen LogP contribution in [0.25, 0.3) is 0 Å². The number of ether oxygens (including phenoxy) is 1. The van der Waals surface area contributed by atoms with Crippen molar-refractivity contribution < 1.29 is 14.5 Å². The number of hydrogen-bond donors (Lipinski definition) is 0. The molecule has 0 atom stereocenters. The number of anilines is 1. The molecular formula is C15H20N2O4. The monoisotopic (exact) mass is 292 g/mol. The second-order valence-corrected chi connectivity index (χ2v) is 6.14. The van der Waals surface area contributed by atoms with Gasteiger partial charge >= 0.3 is 5.97 Å². The number of nitro groups is 1. The summed E-state index contributed by atoms with van der Waals surface area (Å²) in [7, 11) is 1.30. The molecule has 1 fully saturated rings. The number of methoxy groups -OCH3 is 1. The van der Waals surface area contributed by atoms with E-state index in [0.717, 1.165) is 25.9 Å². The fourth-order valence-corrected chi connectivity index (χ4v) is 2.80. The number of nitro benzene ring substituents is 1. The largest absolute Gasteiger partial charge is 0.465 e. The lowest BCUT2D eigenvalue weighted by molar-refractivity contribution is -0.384. The van der Waals surface area contributed by atoms with Gasteiger partial charge in [0, 0.05) is 19.2 Å². The van der Waals surface area contributed by atoms with E-state index in [0.29, 0.717) is 11.3 Å². The van der Waals surface area contributed by atoms with Crippen LogP contribution in [0.5, 0.6) is 0 Å². The molecule has 1 heterocycles. The van der Waals surface area contributed by atoms with Crippen LogP contribution >= 0.6 is 0 Å². The first-order valence-electron chi connectivity index (χ1n) is 6.96. The summed E-state index contributed by atoms with van der Waals surface area (Å²) in [6.07, 6.45) is 2.07. The van der Waals surface area contributed by atoms with E-state index in [1.165, 1.54) is 19.2 Å². The maximum absolute atomic E-state index is 11.6. The molecule has 0 radical (unpaired) electrons. The van der Waals surface area contributed by atoms with Gasteiger partial charge in [0.2, 0.25) is 0 Å². The van der Waals surface area contributed by atoms with Gasteiger partial charge in [-0.25, -0.2) is 4.79 Å². The predicted octanol–water partition coefficient (Wildman–Crippen LogP) is 3.01. The minimum Gasteiger partial charge on any atom is -0.465 e. The second-order valence-electron chi connectivity index (χ2n) is 6.14. The van der Waals surface area contributed by atoms with Gasteiger partial charge in [0.15, 0.2) is 0 Å². The van der Waals surface area contributed by atoms with Gasteiger partial charge in [-0.1, -0.05) is 13.8 Å². The first-order chi connectivity index (χ1) is 9.84. The van der Waals surface area contributed by atoms with Crippen molar-refractivity contribution in [2.45, 2.75) is 26.7 Å². The highest BCUT2D eigenvalue weighted by Crippen LogP contribution is 2.36. The third kappa shape index (κ3) is 3.32. The molecular weight excluding hydrogens is 272 g/mol. The molecule has 0 saturated carbocycles. The van der Waals surface area contributed by atoms with Gasteiger partial charge in [-0.2, -0.15) is 0 Å². The van der Waals surface area contributed by atoms with Crippen LogP contribution in [-0.2, 0) is 4.74 Å². The van der Waals surface area contributed by atoms with E-state index < -0.39 is 10.9 Å². The SMILES string of the molecule is COC(=O)c1ccc([N+](=O)[O-])c(N2CCCC(C)(C)C2)c1. The van der Waals surface area contributed by atoms with Crippen LogP contribution in [0.3, 0.4) is 0 Å². The number of rotatable bonds is 3. The molecule has 0 spiro atoms. The van der Waals surface area contributed by atoms with Crippen molar-refractivity contribution in [3.8, 4) is 0 Å². The van der Waals surface area contributed by atoms with Crippen LogP contribution in [0, 0.1) is 15.5 Å². The average molecular weight is 292 g/mol. The van der Waals surface area contributed by atoms with Gasteiger partial charge in [0.1, 0.15) is 5.69 Å². The molecule has 1 aliphatic heterocycles. The Kier molecular flexibility index (Phi) is 4.16. The Balaban J connectivity index is 2.43. The fraction of sp³-hybridized carbons (Fsp3) is 0.533. The van der Waals surface area contributed by atoms with Crippen LogP contribution in [0.15, 0.2) is 18.2 Å². The summed E-state index contributed by atoms with van der Waals surface area (Å²) >= 11 is 0. The van der Waals surface area contributed by atoms with Crippen LogP contribution in [-0.4, -0.2) is 31.1 Å². The summed E-state index contributed by atoms with van der Waals surface area (Å²) in [6, 6.07) is 4.37. The summed E-state index contributed by atoms with van der Waals surface area (Å²) in [5, 5.41) is 11.2. The van der Waals surface area contributed by atoms with E-state index in [-0.39, 0.29) is 11.1 Å². The number of piperidine rings is 1. The van der Waals surface area contributed by atoms with Crippen molar-refractivity contribution in [1.29, 1.82) is 0 Å². The first-order valence-corrected chi connectivity index (χ1v) is 6.96. The van der Waals surface area contributed by atoms with E-state index in [9.17, 15) is 14.9 Å². The molecule has 1 aromatic rings. The summed E-state index contributed by atoms with van der Waals surface area (Å²) in [5.74, 6) is -0.484. The van der Waals surface area contributed by atoms with Crippen LogP contribution in [0.4, 0.5) is 11.4 Å². The molecule has 21 heavy (non-hydrogen) atoms. The highest BCUT2D eigenvalue weighted by atomic mass is 16.6. The Bertz CT molecular complexity index is 569. The predicted molar refractivity (Wildman–Crippen MR) is 79.7 cm³/mol. The lowest BCUT2D eigenvalue weighted by Gasteiger charge is -2.39. The molecule has 2 rings (SSSR count). The molecule has 0 amide bonds. The van der Waals surface area contributed by atoms with Gasteiger partial charge < -0.3 is 9.64 Å². The Morgan fingerprint density at radius 3 is 2.71 bits per heavy atom. The normalized spacial score (nSPS) is 17.4. The number of benzene rings is 1. The van der Waals surface area contributed by atoms with Crippen LogP contribution < -0.4 is 4.90 Å². The van der Waals surface area contributed by atoms with Crippen molar-refractivity contribution in [2.75, 3.05) is 25.1 Å². The lowest BCUT2D eigenvalue weighted by atomic mass is 9.84.